The minimum atomic E-state index is -0.136. The Hall–Kier alpha value is -0.830. The summed E-state index contributed by atoms with van der Waals surface area (Å²) in [7, 11) is 0. The van der Waals surface area contributed by atoms with Gasteiger partial charge in [-0.25, -0.2) is 0 Å². The van der Waals surface area contributed by atoms with Crippen LogP contribution in [0.15, 0.2) is 12.2 Å². The van der Waals surface area contributed by atoms with Gasteiger partial charge >= 0.3 is 0 Å². The maximum atomic E-state index is 12.2. The number of amides is 1. The molecular weight excluding hydrogens is 454 g/mol. The van der Waals surface area contributed by atoms with Crippen molar-refractivity contribution in [3.63, 3.8) is 0 Å². The van der Waals surface area contributed by atoms with Gasteiger partial charge in [-0.05, 0) is 25.7 Å². The average molecular weight is 522 g/mol. The number of carbonyl (C=O) groups is 1. The van der Waals surface area contributed by atoms with Crippen LogP contribution in [-0.4, -0.2) is 23.7 Å². The van der Waals surface area contributed by atoms with Crippen LogP contribution in [0, 0.1) is 0 Å². The monoisotopic (exact) mass is 522 g/mol. The molecule has 0 radical (unpaired) electrons. The number of unbranched alkanes of at least 4 members (excludes halogenated alkanes) is 23. The van der Waals surface area contributed by atoms with E-state index < -0.39 is 0 Å². The molecule has 0 rings (SSSR count). The first-order valence-corrected chi connectivity index (χ1v) is 16.8. The van der Waals surface area contributed by atoms with Gasteiger partial charge in [-0.1, -0.05) is 167 Å². The highest BCUT2D eigenvalue weighted by Crippen LogP contribution is 2.14. The lowest BCUT2D eigenvalue weighted by Gasteiger charge is -2.14. The summed E-state index contributed by atoms with van der Waals surface area (Å²) in [5, 5.41) is 12.6. The molecule has 1 atom stereocenters. The van der Waals surface area contributed by atoms with Gasteiger partial charge in [-0.2, -0.15) is 0 Å². The molecule has 3 nitrogen and oxygen atoms in total. The van der Waals surface area contributed by atoms with Gasteiger partial charge in [0.05, 0.1) is 12.6 Å². The lowest BCUT2D eigenvalue weighted by Crippen LogP contribution is -2.36. The quantitative estimate of drug-likeness (QED) is 0.0729. The van der Waals surface area contributed by atoms with E-state index in [9.17, 15) is 9.90 Å². The van der Waals surface area contributed by atoms with E-state index >= 15 is 0 Å². The molecule has 0 heterocycles. The molecule has 2 N–H and O–H groups in total. The Morgan fingerprint density at radius 3 is 1.35 bits per heavy atom. The maximum Gasteiger partial charge on any atom is 0.220 e. The number of nitrogens with one attached hydrogen (secondary N) is 1. The summed E-state index contributed by atoms with van der Waals surface area (Å²) < 4.78 is 0. The van der Waals surface area contributed by atoms with Gasteiger partial charge in [0, 0.05) is 6.42 Å². The molecule has 0 fully saturated rings. The zero-order chi connectivity index (χ0) is 27.1. The van der Waals surface area contributed by atoms with Gasteiger partial charge < -0.3 is 10.4 Å². The van der Waals surface area contributed by atoms with Crippen molar-refractivity contribution in [3.05, 3.63) is 12.2 Å². The normalized spacial score (nSPS) is 12.4. The van der Waals surface area contributed by atoms with Crippen LogP contribution in [0.3, 0.4) is 0 Å². The zero-order valence-corrected chi connectivity index (χ0v) is 25.4. The summed E-state index contributed by atoms with van der Waals surface area (Å²) in [6, 6.07) is -0.136. The number of hydrogen-bond acceptors (Lipinski definition) is 2. The average Bonchev–Trinajstić information content (AvgIpc) is 2.90. The van der Waals surface area contributed by atoms with Crippen LogP contribution in [0.25, 0.3) is 0 Å². The fourth-order valence-electron chi connectivity index (χ4n) is 5.09. The summed E-state index contributed by atoms with van der Waals surface area (Å²) in [4.78, 5) is 12.2. The van der Waals surface area contributed by atoms with E-state index in [0.717, 1.165) is 25.7 Å². The van der Waals surface area contributed by atoms with Crippen molar-refractivity contribution in [1.29, 1.82) is 0 Å². The number of carbonyl (C=O) groups excluding carboxylic acids is 1. The van der Waals surface area contributed by atoms with Crippen LogP contribution in [0.1, 0.15) is 187 Å². The summed E-state index contributed by atoms with van der Waals surface area (Å²) in [6.07, 6.45) is 39.1. The number of allylic oxidation sites excluding steroid dienone is 1. The van der Waals surface area contributed by atoms with E-state index in [4.69, 9.17) is 0 Å². The minimum absolute atomic E-state index is 0.0210. The number of rotatable bonds is 30. The van der Waals surface area contributed by atoms with Crippen LogP contribution in [0.4, 0.5) is 0 Å². The van der Waals surface area contributed by atoms with Crippen molar-refractivity contribution in [2.24, 2.45) is 0 Å². The van der Waals surface area contributed by atoms with Crippen LogP contribution in [0.5, 0.6) is 0 Å². The van der Waals surface area contributed by atoms with Gasteiger partial charge in [0.2, 0.25) is 5.91 Å². The fraction of sp³-hybridized carbons (Fsp3) is 0.912. The first-order valence-electron chi connectivity index (χ1n) is 16.8. The molecule has 0 bridgehead atoms. The van der Waals surface area contributed by atoms with E-state index in [-0.39, 0.29) is 18.6 Å². The standard InChI is InChI=1S/C34H67NO2/c1-3-5-7-9-11-13-15-17-19-20-22-24-26-28-30-33(32-36)35-34(37)31-29-27-25-23-21-18-16-14-12-10-8-6-4-2/h26,28,33,36H,3-25,27,29-32H2,1-2H3,(H,35,37)/b28-26+. The first-order chi connectivity index (χ1) is 18.2. The second kappa shape index (κ2) is 31.4. The Kier molecular flexibility index (Phi) is 30.7. The highest BCUT2D eigenvalue weighted by molar-refractivity contribution is 5.76. The van der Waals surface area contributed by atoms with E-state index in [2.05, 4.69) is 31.3 Å². The van der Waals surface area contributed by atoms with Crippen molar-refractivity contribution in [2.75, 3.05) is 6.61 Å². The predicted octanol–water partition coefficient (Wildman–Crippen LogP) is 10.6. The van der Waals surface area contributed by atoms with Gasteiger partial charge in [-0.3, -0.25) is 4.79 Å². The third kappa shape index (κ3) is 29.6. The first kappa shape index (κ1) is 36.2. The zero-order valence-electron chi connectivity index (χ0n) is 25.4. The van der Waals surface area contributed by atoms with Crippen LogP contribution < -0.4 is 5.32 Å². The van der Waals surface area contributed by atoms with Crippen molar-refractivity contribution in [3.8, 4) is 0 Å². The molecular formula is C34H67NO2. The van der Waals surface area contributed by atoms with Crippen molar-refractivity contribution in [1.82, 2.24) is 5.32 Å². The SMILES string of the molecule is CCCCCCCCCCCCC/C=C/CC(CO)NC(=O)CCCCCCCCCCCCCCC. The smallest absolute Gasteiger partial charge is 0.220 e. The Morgan fingerprint density at radius 2 is 0.946 bits per heavy atom. The highest BCUT2D eigenvalue weighted by atomic mass is 16.3. The maximum absolute atomic E-state index is 12.2. The summed E-state index contributed by atoms with van der Waals surface area (Å²) >= 11 is 0. The molecule has 0 aliphatic rings. The lowest BCUT2D eigenvalue weighted by molar-refractivity contribution is -0.122. The van der Waals surface area contributed by atoms with Gasteiger partial charge in [0.15, 0.2) is 0 Å². The summed E-state index contributed by atoms with van der Waals surface area (Å²) in [5.74, 6) is 0.0980. The Balaban J connectivity index is 3.48. The second-order valence-corrected chi connectivity index (χ2v) is 11.5. The van der Waals surface area contributed by atoms with Crippen molar-refractivity contribution >= 4 is 5.91 Å². The molecule has 0 aromatic carbocycles. The third-order valence-corrected chi connectivity index (χ3v) is 7.65. The Labute approximate surface area is 233 Å². The summed E-state index contributed by atoms with van der Waals surface area (Å²) in [5.41, 5.74) is 0. The number of aliphatic hydroxyl groups is 1. The Morgan fingerprint density at radius 1 is 0.568 bits per heavy atom. The molecule has 1 unspecified atom stereocenters. The molecule has 0 aliphatic heterocycles. The third-order valence-electron chi connectivity index (χ3n) is 7.65. The molecule has 0 saturated carbocycles. The van der Waals surface area contributed by atoms with E-state index in [0.29, 0.717) is 6.42 Å². The highest BCUT2D eigenvalue weighted by Gasteiger charge is 2.09. The molecule has 37 heavy (non-hydrogen) atoms. The molecule has 1 amide bonds. The lowest BCUT2D eigenvalue weighted by atomic mass is 10.0. The molecule has 0 saturated heterocycles. The van der Waals surface area contributed by atoms with Crippen LogP contribution in [-0.2, 0) is 4.79 Å². The molecule has 0 spiro atoms. The molecule has 3 heteroatoms. The summed E-state index contributed by atoms with van der Waals surface area (Å²) in [6.45, 7) is 4.57. The molecule has 0 aromatic heterocycles. The number of hydrogen-bond donors (Lipinski definition) is 2. The number of aliphatic hydroxyl groups excluding tert-OH is 1. The van der Waals surface area contributed by atoms with Gasteiger partial charge in [0.25, 0.3) is 0 Å². The Bertz CT molecular complexity index is 476. The van der Waals surface area contributed by atoms with Crippen molar-refractivity contribution in [2.45, 2.75) is 193 Å². The largest absolute Gasteiger partial charge is 0.394 e. The fourth-order valence-corrected chi connectivity index (χ4v) is 5.09. The van der Waals surface area contributed by atoms with Gasteiger partial charge in [0.1, 0.15) is 0 Å². The molecule has 0 aliphatic carbocycles. The minimum Gasteiger partial charge on any atom is -0.394 e. The molecule has 220 valence electrons. The van der Waals surface area contributed by atoms with E-state index in [1.807, 2.05) is 0 Å². The van der Waals surface area contributed by atoms with E-state index in [1.54, 1.807) is 0 Å². The predicted molar refractivity (Wildman–Crippen MR) is 164 cm³/mol. The van der Waals surface area contributed by atoms with Crippen molar-refractivity contribution < 1.29 is 9.90 Å². The van der Waals surface area contributed by atoms with Crippen LogP contribution >= 0.6 is 0 Å². The topological polar surface area (TPSA) is 49.3 Å². The van der Waals surface area contributed by atoms with Gasteiger partial charge in [-0.15, -0.1) is 0 Å². The van der Waals surface area contributed by atoms with E-state index in [1.165, 1.54) is 141 Å². The van der Waals surface area contributed by atoms with Crippen LogP contribution in [0.2, 0.25) is 0 Å². The molecule has 0 aromatic rings. The second-order valence-electron chi connectivity index (χ2n) is 11.5.